The Morgan fingerprint density at radius 2 is 2.38 bits per heavy atom. The van der Waals surface area contributed by atoms with Gasteiger partial charge in [-0.25, -0.2) is 4.68 Å². The molecule has 4 heteroatoms. The standard InChI is InChI=1S/C9H13N3O/c1-2-12-9(5-7-3-4-7)8(6-13)10-11-12/h6-7H,2-5H2,1H3. The van der Waals surface area contributed by atoms with Crippen LogP contribution in [-0.2, 0) is 13.0 Å². The van der Waals surface area contributed by atoms with Gasteiger partial charge in [-0.3, -0.25) is 4.79 Å². The maximum absolute atomic E-state index is 10.6. The normalized spacial score (nSPS) is 16.1. The predicted molar refractivity (Wildman–Crippen MR) is 47.5 cm³/mol. The maximum atomic E-state index is 10.6. The molecule has 1 fully saturated rings. The van der Waals surface area contributed by atoms with Crippen LogP contribution >= 0.6 is 0 Å². The minimum atomic E-state index is 0.522. The minimum absolute atomic E-state index is 0.522. The zero-order chi connectivity index (χ0) is 9.26. The molecule has 0 atom stereocenters. The molecule has 0 radical (unpaired) electrons. The van der Waals surface area contributed by atoms with E-state index in [4.69, 9.17) is 0 Å². The summed E-state index contributed by atoms with van der Waals surface area (Å²) in [5, 5.41) is 7.75. The topological polar surface area (TPSA) is 47.8 Å². The molecule has 1 saturated carbocycles. The van der Waals surface area contributed by atoms with Crippen molar-refractivity contribution in [3.63, 3.8) is 0 Å². The van der Waals surface area contributed by atoms with Gasteiger partial charge in [-0.2, -0.15) is 0 Å². The fraction of sp³-hybridized carbons (Fsp3) is 0.667. The van der Waals surface area contributed by atoms with Crippen LogP contribution in [0.4, 0.5) is 0 Å². The highest BCUT2D eigenvalue weighted by Crippen LogP contribution is 2.32. The van der Waals surface area contributed by atoms with Crippen molar-refractivity contribution in [3.05, 3.63) is 11.4 Å². The van der Waals surface area contributed by atoms with E-state index in [1.165, 1.54) is 12.8 Å². The lowest BCUT2D eigenvalue weighted by atomic mass is 10.2. The third-order valence-electron chi connectivity index (χ3n) is 2.46. The average Bonchev–Trinajstić information content (AvgIpc) is 2.86. The highest BCUT2D eigenvalue weighted by Gasteiger charge is 2.25. The smallest absolute Gasteiger partial charge is 0.172 e. The number of aldehydes is 1. The first-order valence-corrected chi connectivity index (χ1v) is 4.72. The largest absolute Gasteiger partial charge is 0.296 e. The summed E-state index contributed by atoms with van der Waals surface area (Å²) in [6.45, 7) is 2.81. The van der Waals surface area contributed by atoms with Crippen molar-refractivity contribution >= 4 is 6.29 Å². The summed E-state index contributed by atoms with van der Waals surface area (Å²) < 4.78 is 1.82. The Labute approximate surface area is 76.9 Å². The lowest BCUT2D eigenvalue weighted by Crippen LogP contribution is -2.05. The Morgan fingerprint density at radius 1 is 1.62 bits per heavy atom. The summed E-state index contributed by atoms with van der Waals surface area (Å²) in [6, 6.07) is 0. The van der Waals surface area contributed by atoms with E-state index in [9.17, 15) is 4.79 Å². The molecule has 1 heterocycles. The lowest BCUT2D eigenvalue weighted by Gasteiger charge is -2.01. The van der Waals surface area contributed by atoms with Crippen molar-refractivity contribution < 1.29 is 4.79 Å². The molecule has 1 aromatic heterocycles. The van der Waals surface area contributed by atoms with E-state index in [2.05, 4.69) is 10.3 Å². The summed E-state index contributed by atoms with van der Waals surface area (Å²) >= 11 is 0. The van der Waals surface area contributed by atoms with Gasteiger partial charge in [0.05, 0.1) is 5.69 Å². The number of carbonyl (C=O) groups is 1. The molecule has 1 aliphatic rings. The van der Waals surface area contributed by atoms with Crippen LogP contribution in [-0.4, -0.2) is 21.3 Å². The van der Waals surface area contributed by atoms with Crippen LogP contribution in [0.25, 0.3) is 0 Å². The zero-order valence-corrected chi connectivity index (χ0v) is 7.73. The molecule has 2 rings (SSSR count). The predicted octanol–water partition coefficient (Wildman–Crippen LogP) is 1.06. The van der Waals surface area contributed by atoms with E-state index < -0.39 is 0 Å². The van der Waals surface area contributed by atoms with Crippen molar-refractivity contribution in [1.82, 2.24) is 15.0 Å². The minimum Gasteiger partial charge on any atom is -0.296 e. The number of hydrogen-bond acceptors (Lipinski definition) is 3. The molecule has 0 unspecified atom stereocenters. The van der Waals surface area contributed by atoms with E-state index in [0.29, 0.717) is 5.69 Å². The van der Waals surface area contributed by atoms with Crippen LogP contribution in [0.3, 0.4) is 0 Å². The molecule has 0 saturated heterocycles. The van der Waals surface area contributed by atoms with Gasteiger partial charge in [-0.15, -0.1) is 5.10 Å². The van der Waals surface area contributed by atoms with Gasteiger partial charge in [0.25, 0.3) is 0 Å². The van der Waals surface area contributed by atoms with E-state index in [0.717, 1.165) is 30.9 Å². The van der Waals surface area contributed by atoms with Crippen molar-refractivity contribution in [2.24, 2.45) is 5.92 Å². The molecule has 1 aliphatic carbocycles. The molecule has 0 aliphatic heterocycles. The Hall–Kier alpha value is -1.19. The highest BCUT2D eigenvalue weighted by molar-refractivity contribution is 5.73. The highest BCUT2D eigenvalue weighted by atomic mass is 16.1. The van der Waals surface area contributed by atoms with Crippen LogP contribution in [0, 0.1) is 5.92 Å². The summed E-state index contributed by atoms with van der Waals surface area (Å²) in [7, 11) is 0. The molecular formula is C9H13N3O. The molecule has 0 N–H and O–H groups in total. The van der Waals surface area contributed by atoms with Gasteiger partial charge in [-0.05, 0) is 32.1 Å². The molecule has 0 aromatic carbocycles. The first-order valence-electron chi connectivity index (χ1n) is 4.72. The van der Waals surface area contributed by atoms with Crippen LogP contribution in [0.15, 0.2) is 0 Å². The second kappa shape index (κ2) is 3.28. The number of aryl methyl sites for hydroxylation is 1. The van der Waals surface area contributed by atoms with Crippen molar-refractivity contribution in [1.29, 1.82) is 0 Å². The molecule has 0 amide bonds. The van der Waals surface area contributed by atoms with Gasteiger partial charge in [0, 0.05) is 6.54 Å². The van der Waals surface area contributed by atoms with Crippen LogP contribution in [0.5, 0.6) is 0 Å². The first-order chi connectivity index (χ1) is 6.35. The molecule has 4 nitrogen and oxygen atoms in total. The number of hydrogen-bond donors (Lipinski definition) is 0. The summed E-state index contributed by atoms with van der Waals surface area (Å²) in [5.74, 6) is 0.766. The summed E-state index contributed by atoms with van der Waals surface area (Å²) in [6.07, 6.45) is 4.34. The second-order valence-electron chi connectivity index (χ2n) is 3.50. The monoisotopic (exact) mass is 179 g/mol. The van der Waals surface area contributed by atoms with Gasteiger partial charge in [-0.1, -0.05) is 5.21 Å². The number of aromatic nitrogens is 3. The Balaban J connectivity index is 2.25. The third-order valence-corrected chi connectivity index (χ3v) is 2.46. The van der Waals surface area contributed by atoms with Gasteiger partial charge in [0.2, 0.25) is 0 Å². The zero-order valence-electron chi connectivity index (χ0n) is 7.73. The van der Waals surface area contributed by atoms with E-state index in [1.807, 2.05) is 11.6 Å². The van der Waals surface area contributed by atoms with Crippen LogP contribution in [0.1, 0.15) is 35.9 Å². The van der Waals surface area contributed by atoms with E-state index in [-0.39, 0.29) is 0 Å². The fourth-order valence-electron chi connectivity index (χ4n) is 1.50. The third kappa shape index (κ3) is 1.61. The van der Waals surface area contributed by atoms with E-state index in [1.54, 1.807) is 0 Å². The van der Waals surface area contributed by atoms with Gasteiger partial charge >= 0.3 is 0 Å². The Morgan fingerprint density at radius 3 is 2.92 bits per heavy atom. The summed E-state index contributed by atoms with van der Waals surface area (Å²) in [4.78, 5) is 10.6. The van der Waals surface area contributed by atoms with Gasteiger partial charge < -0.3 is 0 Å². The second-order valence-corrected chi connectivity index (χ2v) is 3.50. The quantitative estimate of drug-likeness (QED) is 0.649. The lowest BCUT2D eigenvalue weighted by molar-refractivity contribution is 0.111. The van der Waals surface area contributed by atoms with E-state index >= 15 is 0 Å². The first kappa shape index (κ1) is 8.41. The SMILES string of the molecule is CCn1nnc(C=O)c1CC1CC1. The average molecular weight is 179 g/mol. The maximum Gasteiger partial charge on any atom is 0.172 e. The van der Waals surface area contributed by atoms with Gasteiger partial charge in [0.1, 0.15) is 5.69 Å². The van der Waals surface area contributed by atoms with Crippen molar-refractivity contribution in [3.8, 4) is 0 Å². The molecule has 70 valence electrons. The summed E-state index contributed by atoms with van der Waals surface area (Å²) in [5.41, 5.74) is 1.54. The molecule has 13 heavy (non-hydrogen) atoms. The fourth-order valence-corrected chi connectivity index (χ4v) is 1.50. The molecular weight excluding hydrogens is 166 g/mol. The molecule has 0 spiro atoms. The molecule has 0 bridgehead atoms. The van der Waals surface area contributed by atoms with Crippen LogP contribution < -0.4 is 0 Å². The van der Waals surface area contributed by atoms with Gasteiger partial charge in [0.15, 0.2) is 6.29 Å². The number of carbonyl (C=O) groups excluding carboxylic acids is 1. The van der Waals surface area contributed by atoms with Crippen molar-refractivity contribution in [2.45, 2.75) is 32.7 Å². The number of nitrogens with zero attached hydrogens (tertiary/aromatic N) is 3. The number of rotatable bonds is 4. The Kier molecular flexibility index (Phi) is 2.12. The van der Waals surface area contributed by atoms with Crippen LogP contribution in [0.2, 0.25) is 0 Å². The Bertz CT molecular complexity index is 315. The molecule has 1 aromatic rings. The van der Waals surface area contributed by atoms with Crippen molar-refractivity contribution in [2.75, 3.05) is 0 Å².